The van der Waals surface area contributed by atoms with E-state index in [1.54, 1.807) is 0 Å². The number of fused-ring (bicyclic) bond motifs is 1. The molecule has 1 heterocycles. The molecule has 4 heteroatoms. The van der Waals surface area contributed by atoms with E-state index in [2.05, 4.69) is 5.32 Å². The summed E-state index contributed by atoms with van der Waals surface area (Å²) in [4.78, 5) is 0. The third-order valence-corrected chi connectivity index (χ3v) is 3.49. The summed E-state index contributed by atoms with van der Waals surface area (Å²) in [6.45, 7) is 5.07. The molecule has 0 aromatic heterocycles. The number of aryl methyl sites for hydroxylation is 1. The summed E-state index contributed by atoms with van der Waals surface area (Å²) in [5.74, 6) is 1.31. The monoisotopic (exact) mass is 287 g/mol. The number of halogens is 1. The summed E-state index contributed by atoms with van der Waals surface area (Å²) in [5.41, 5.74) is 2.74. The minimum absolute atomic E-state index is 0.0435. The number of benzene rings is 2. The number of nitrogens with one attached hydrogen (secondary N) is 1. The van der Waals surface area contributed by atoms with Gasteiger partial charge in [-0.25, -0.2) is 4.39 Å². The molecule has 2 aromatic rings. The van der Waals surface area contributed by atoms with Crippen LogP contribution in [-0.2, 0) is 0 Å². The minimum Gasteiger partial charge on any atom is -0.486 e. The van der Waals surface area contributed by atoms with Crippen molar-refractivity contribution in [1.82, 2.24) is 0 Å². The van der Waals surface area contributed by atoms with Crippen LogP contribution in [0.25, 0.3) is 0 Å². The largest absolute Gasteiger partial charge is 0.486 e. The second-order valence-electron chi connectivity index (χ2n) is 5.29. The first kappa shape index (κ1) is 13.7. The van der Waals surface area contributed by atoms with Gasteiger partial charge in [-0.3, -0.25) is 0 Å². The molecule has 0 amide bonds. The Bertz CT molecular complexity index is 637. The van der Waals surface area contributed by atoms with Crippen LogP contribution < -0.4 is 14.8 Å². The lowest BCUT2D eigenvalue weighted by molar-refractivity contribution is 0.171. The van der Waals surface area contributed by atoms with E-state index in [0.29, 0.717) is 13.2 Å². The molecule has 0 saturated heterocycles. The third-order valence-electron chi connectivity index (χ3n) is 3.49. The van der Waals surface area contributed by atoms with Gasteiger partial charge in [-0.1, -0.05) is 6.07 Å². The Morgan fingerprint density at radius 2 is 1.81 bits per heavy atom. The molecule has 0 bridgehead atoms. The molecule has 110 valence electrons. The van der Waals surface area contributed by atoms with Gasteiger partial charge in [0.05, 0.1) is 0 Å². The lowest BCUT2D eigenvalue weighted by atomic mass is 10.1. The Morgan fingerprint density at radius 1 is 1.05 bits per heavy atom. The molecule has 1 aliphatic rings. The van der Waals surface area contributed by atoms with E-state index in [1.807, 2.05) is 38.1 Å². The van der Waals surface area contributed by atoms with Crippen molar-refractivity contribution in [2.75, 3.05) is 18.5 Å². The molecular weight excluding hydrogens is 269 g/mol. The molecule has 1 aliphatic heterocycles. The molecule has 0 radical (unpaired) electrons. The second-order valence-corrected chi connectivity index (χ2v) is 5.29. The van der Waals surface area contributed by atoms with E-state index in [9.17, 15) is 4.39 Å². The Kier molecular flexibility index (Phi) is 3.69. The molecule has 2 aromatic carbocycles. The molecule has 0 spiro atoms. The van der Waals surface area contributed by atoms with Gasteiger partial charge in [0.15, 0.2) is 11.5 Å². The molecule has 21 heavy (non-hydrogen) atoms. The fourth-order valence-electron chi connectivity index (χ4n) is 2.48. The first-order valence-corrected chi connectivity index (χ1v) is 7.05. The highest BCUT2D eigenvalue weighted by atomic mass is 19.1. The number of rotatable bonds is 3. The molecule has 1 N–H and O–H groups in total. The van der Waals surface area contributed by atoms with Crippen LogP contribution in [0.1, 0.15) is 24.1 Å². The molecule has 0 fully saturated rings. The van der Waals surface area contributed by atoms with Crippen molar-refractivity contribution in [1.29, 1.82) is 0 Å². The molecule has 1 unspecified atom stereocenters. The van der Waals surface area contributed by atoms with Crippen molar-refractivity contribution in [3.05, 3.63) is 53.3 Å². The zero-order valence-electron chi connectivity index (χ0n) is 12.2. The predicted octanol–water partition coefficient (Wildman–Crippen LogP) is 4.08. The van der Waals surface area contributed by atoms with Crippen molar-refractivity contribution in [2.45, 2.75) is 19.9 Å². The summed E-state index contributed by atoms with van der Waals surface area (Å²) in [6, 6.07) is 10.9. The topological polar surface area (TPSA) is 30.5 Å². The summed E-state index contributed by atoms with van der Waals surface area (Å²) in [5, 5.41) is 3.31. The van der Waals surface area contributed by atoms with Crippen molar-refractivity contribution in [2.24, 2.45) is 0 Å². The zero-order valence-corrected chi connectivity index (χ0v) is 12.2. The van der Waals surface area contributed by atoms with Crippen molar-refractivity contribution in [3.8, 4) is 11.5 Å². The van der Waals surface area contributed by atoms with Gasteiger partial charge in [0, 0.05) is 11.7 Å². The molecule has 0 saturated carbocycles. The second kappa shape index (κ2) is 5.64. The van der Waals surface area contributed by atoms with Gasteiger partial charge in [0.25, 0.3) is 0 Å². The Balaban J connectivity index is 1.80. The average Bonchev–Trinajstić information content (AvgIpc) is 2.45. The summed E-state index contributed by atoms with van der Waals surface area (Å²) in [7, 11) is 0. The molecule has 3 nitrogen and oxygen atoms in total. The predicted molar refractivity (Wildman–Crippen MR) is 80.6 cm³/mol. The van der Waals surface area contributed by atoms with Gasteiger partial charge in [0.1, 0.15) is 19.0 Å². The van der Waals surface area contributed by atoms with Gasteiger partial charge in [-0.15, -0.1) is 0 Å². The quantitative estimate of drug-likeness (QED) is 0.922. The van der Waals surface area contributed by atoms with Gasteiger partial charge < -0.3 is 14.8 Å². The summed E-state index contributed by atoms with van der Waals surface area (Å²) >= 11 is 0. The van der Waals surface area contributed by atoms with Crippen molar-refractivity contribution >= 4 is 5.69 Å². The maximum Gasteiger partial charge on any atom is 0.161 e. The molecule has 0 aliphatic carbocycles. The van der Waals surface area contributed by atoms with Gasteiger partial charge >= 0.3 is 0 Å². The number of anilines is 1. The van der Waals surface area contributed by atoms with Gasteiger partial charge in [-0.2, -0.15) is 0 Å². The van der Waals surface area contributed by atoms with Gasteiger partial charge in [0.2, 0.25) is 0 Å². The number of hydrogen-bond acceptors (Lipinski definition) is 3. The van der Waals surface area contributed by atoms with Crippen LogP contribution in [0.3, 0.4) is 0 Å². The normalized spacial score (nSPS) is 14.6. The SMILES string of the molecule is Cc1cc(F)cc(NC(C)c2ccc3c(c2)OCCO3)c1. The Morgan fingerprint density at radius 3 is 2.57 bits per heavy atom. The molecular formula is C17H18FNO2. The van der Waals surface area contributed by atoms with Crippen LogP contribution >= 0.6 is 0 Å². The van der Waals surface area contributed by atoms with E-state index in [4.69, 9.17) is 9.47 Å². The summed E-state index contributed by atoms with van der Waals surface area (Å²) in [6.07, 6.45) is 0. The van der Waals surface area contributed by atoms with E-state index in [-0.39, 0.29) is 11.9 Å². The fraction of sp³-hybridized carbons (Fsp3) is 0.294. The van der Waals surface area contributed by atoms with Crippen LogP contribution in [0.5, 0.6) is 11.5 Å². The minimum atomic E-state index is -0.230. The van der Waals surface area contributed by atoms with Crippen LogP contribution in [0.15, 0.2) is 36.4 Å². The van der Waals surface area contributed by atoms with E-state index in [1.165, 1.54) is 12.1 Å². The Labute approximate surface area is 123 Å². The van der Waals surface area contributed by atoms with E-state index in [0.717, 1.165) is 28.3 Å². The first-order chi connectivity index (χ1) is 10.1. The van der Waals surface area contributed by atoms with Crippen LogP contribution in [0, 0.1) is 12.7 Å². The first-order valence-electron chi connectivity index (χ1n) is 7.05. The van der Waals surface area contributed by atoms with E-state index < -0.39 is 0 Å². The van der Waals surface area contributed by atoms with Crippen molar-refractivity contribution < 1.29 is 13.9 Å². The lowest BCUT2D eigenvalue weighted by Crippen LogP contribution is -2.16. The van der Waals surface area contributed by atoms with Crippen LogP contribution in [0.4, 0.5) is 10.1 Å². The lowest BCUT2D eigenvalue weighted by Gasteiger charge is -2.21. The highest BCUT2D eigenvalue weighted by molar-refractivity contribution is 5.50. The van der Waals surface area contributed by atoms with E-state index >= 15 is 0 Å². The smallest absolute Gasteiger partial charge is 0.161 e. The maximum atomic E-state index is 13.4. The highest BCUT2D eigenvalue weighted by Gasteiger charge is 2.14. The maximum absolute atomic E-state index is 13.4. The molecule has 3 rings (SSSR count). The highest BCUT2D eigenvalue weighted by Crippen LogP contribution is 2.33. The molecule has 1 atom stereocenters. The number of hydrogen-bond donors (Lipinski definition) is 1. The Hall–Kier alpha value is -2.23. The number of ether oxygens (including phenoxy) is 2. The fourth-order valence-corrected chi connectivity index (χ4v) is 2.48. The third kappa shape index (κ3) is 3.10. The standard InChI is InChI=1S/C17H18FNO2/c1-11-7-14(18)10-15(8-11)19-12(2)13-3-4-16-17(9-13)21-6-5-20-16/h3-4,7-10,12,19H,5-6H2,1-2H3. The summed E-state index contributed by atoms with van der Waals surface area (Å²) < 4.78 is 24.5. The van der Waals surface area contributed by atoms with Crippen LogP contribution in [0.2, 0.25) is 0 Å². The average molecular weight is 287 g/mol. The zero-order chi connectivity index (χ0) is 14.8. The van der Waals surface area contributed by atoms with Crippen LogP contribution in [-0.4, -0.2) is 13.2 Å². The van der Waals surface area contributed by atoms with Crippen molar-refractivity contribution in [3.63, 3.8) is 0 Å². The van der Waals surface area contributed by atoms with Gasteiger partial charge in [-0.05, 0) is 55.3 Å².